The highest BCUT2D eigenvalue weighted by Gasteiger charge is 2.24. The molecule has 39 heavy (non-hydrogen) atoms. The Morgan fingerprint density at radius 2 is 1.74 bits per heavy atom. The smallest absolute Gasteiger partial charge is 0.322 e. The number of ether oxygens (including phenoxy) is 2. The van der Waals surface area contributed by atoms with Gasteiger partial charge in [0.25, 0.3) is 0 Å². The van der Waals surface area contributed by atoms with Gasteiger partial charge in [0.2, 0.25) is 5.91 Å². The second-order valence-electron chi connectivity index (χ2n) is 9.44. The molecule has 1 aromatic heterocycles. The largest absolute Gasteiger partial charge is 0.497 e. The van der Waals surface area contributed by atoms with E-state index >= 15 is 0 Å². The normalized spacial score (nSPS) is 13.6. The maximum absolute atomic E-state index is 13.7. The summed E-state index contributed by atoms with van der Waals surface area (Å²) in [6.45, 7) is 6.56. The van der Waals surface area contributed by atoms with Crippen LogP contribution in [-0.4, -0.2) is 79.7 Å². The molecule has 8 nitrogen and oxygen atoms in total. The molecule has 1 saturated heterocycles. The van der Waals surface area contributed by atoms with Crippen molar-refractivity contribution in [3.05, 3.63) is 81.8 Å². The Kier molecular flexibility index (Phi) is 10.3. The van der Waals surface area contributed by atoms with Crippen molar-refractivity contribution in [2.24, 2.45) is 0 Å². The molecular weight excluding hydrogens is 519 g/mol. The molecule has 0 radical (unpaired) electrons. The Morgan fingerprint density at radius 1 is 1.03 bits per heavy atom. The van der Waals surface area contributed by atoms with Gasteiger partial charge >= 0.3 is 6.03 Å². The lowest BCUT2D eigenvalue weighted by Crippen LogP contribution is -2.48. The summed E-state index contributed by atoms with van der Waals surface area (Å²) in [5, 5.41) is 4.92. The summed E-state index contributed by atoms with van der Waals surface area (Å²) in [6, 6.07) is 14.9. The molecule has 0 saturated carbocycles. The van der Waals surface area contributed by atoms with Crippen LogP contribution in [0.15, 0.2) is 60.0 Å². The highest BCUT2D eigenvalue weighted by molar-refractivity contribution is 7.10. The molecule has 2 heterocycles. The predicted molar refractivity (Wildman–Crippen MR) is 151 cm³/mol. The molecule has 4 rings (SSSR count). The monoisotopic (exact) mass is 554 g/mol. The first-order valence-corrected chi connectivity index (χ1v) is 13.8. The molecule has 1 N–H and O–H groups in total. The lowest BCUT2D eigenvalue weighted by Gasteiger charge is -2.31. The van der Waals surface area contributed by atoms with Crippen LogP contribution in [0.2, 0.25) is 0 Å². The van der Waals surface area contributed by atoms with E-state index in [2.05, 4.69) is 10.2 Å². The van der Waals surface area contributed by atoms with E-state index in [-0.39, 0.29) is 24.3 Å². The van der Waals surface area contributed by atoms with Gasteiger partial charge in [-0.1, -0.05) is 12.1 Å². The topological polar surface area (TPSA) is 74.4 Å². The van der Waals surface area contributed by atoms with E-state index in [0.29, 0.717) is 50.8 Å². The molecule has 3 amide bonds. The van der Waals surface area contributed by atoms with Gasteiger partial charge in [-0.15, -0.1) is 11.3 Å². The second-order valence-corrected chi connectivity index (χ2v) is 10.4. The van der Waals surface area contributed by atoms with Crippen LogP contribution in [-0.2, 0) is 22.6 Å². The minimum atomic E-state index is -0.351. The summed E-state index contributed by atoms with van der Waals surface area (Å²) < 4.78 is 24.2. The zero-order valence-corrected chi connectivity index (χ0v) is 23.2. The van der Waals surface area contributed by atoms with Crippen molar-refractivity contribution >= 4 is 29.0 Å². The molecule has 0 bridgehead atoms. The van der Waals surface area contributed by atoms with Crippen LogP contribution in [0.5, 0.6) is 5.75 Å². The SMILES string of the molecule is COc1ccc(NC(=O)N(CCN2CCOCC2)CC(=O)N(Cc2ccc(F)cc2)Cc2sccc2C)cc1. The summed E-state index contributed by atoms with van der Waals surface area (Å²) >= 11 is 1.59. The molecule has 10 heteroatoms. The summed E-state index contributed by atoms with van der Waals surface area (Å²) in [7, 11) is 1.59. The number of morpholine rings is 1. The van der Waals surface area contributed by atoms with Gasteiger partial charge in [-0.3, -0.25) is 9.69 Å². The van der Waals surface area contributed by atoms with E-state index in [9.17, 15) is 14.0 Å². The van der Waals surface area contributed by atoms with E-state index in [0.717, 1.165) is 29.1 Å². The maximum atomic E-state index is 13.7. The third kappa shape index (κ3) is 8.51. The van der Waals surface area contributed by atoms with Crippen LogP contribution < -0.4 is 10.1 Å². The third-order valence-electron chi connectivity index (χ3n) is 6.69. The van der Waals surface area contributed by atoms with Crippen LogP contribution in [0.25, 0.3) is 0 Å². The Bertz CT molecular complexity index is 1210. The average Bonchev–Trinajstić information content (AvgIpc) is 3.36. The van der Waals surface area contributed by atoms with Crippen molar-refractivity contribution in [1.82, 2.24) is 14.7 Å². The number of thiophene rings is 1. The Morgan fingerprint density at radius 3 is 2.38 bits per heavy atom. The number of aryl methyl sites for hydroxylation is 1. The van der Waals surface area contributed by atoms with E-state index in [1.807, 2.05) is 18.4 Å². The number of rotatable bonds is 11. The fraction of sp³-hybridized carbons (Fsp3) is 0.379. The zero-order valence-electron chi connectivity index (χ0n) is 22.4. The number of hydrogen-bond acceptors (Lipinski definition) is 6. The number of halogens is 1. The minimum Gasteiger partial charge on any atom is -0.497 e. The van der Waals surface area contributed by atoms with E-state index < -0.39 is 0 Å². The third-order valence-corrected chi connectivity index (χ3v) is 7.69. The summed E-state index contributed by atoms with van der Waals surface area (Å²) in [6.07, 6.45) is 0. The molecule has 1 fully saturated rings. The number of amides is 3. The van der Waals surface area contributed by atoms with Crippen molar-refractivity contribution < 1.29 is 23.5 Å². The Hall–Kier alpha value is -3.47. The molecule has 0 unspecified atom stereocenters. The van der Waals surface area contributed by atoms with Gasteiger partial charge in [-0.05, 0) is 65.9 Å². The minimum absolute atomic E-state index is 0.0854. The van der Waals surface area contributed by atoms with Gasteiger partial charge in [-0.25, -0.2) is 9.18 Å². The molecule has 0 spiro atoms. The number of nitrogens with zero attached hydrogens (tertiary/aromatic N) is 3. The quantitative estimate of drug-likeness (QED) is 0.375. The van der Waals surface area contributed by atoms with Crippen molar-refractivity contribution in [2.75, 3.05) is 58.4 Å². The number of carbonyl (C=O) groups is 2. The van der Waals surface area contributed by atoms with Crippen molar-refractivity contribution in [3.8, 4) is 5.75 Å². The molecule has 208 valence electrons. The fourth-order valence-corrected chi connectivity index (χ4v) is 5.18. The molecule has 0 aliphatic carbocycles. The predicted octanol–water partition coefficient (Wildman–Crippen LogP) is 4.60. The van der Waals surface area contributed by atoms with Gasteiger partial charge in [0.15, 0.2) is 0 Å². The van der Waals surface area contributed by atoms with Crippen LogP contribution in [0.3, 0.4) is 0 Å². The lowest BCUT2D eigenvalue weighted by molar-refractivity contribution is -0.133. The van der Waals surface area contributed by atoms with Crippen molar-refractivity contribution in [1.29, 1.82) is 0 Å². The van der Waals surface area contributed by atoms with E-state index in [4.69, 9.17) is 9.47 Å². The van der Waals surface area contributed by atoms with Crippen LogP contribution in [0.1, 0.15) is 16.0 Å². The number of benzene rings is 2. The first-order chi connectivity index (χ1) is 18.9. The molecular formula is C29H35FN4O4S. The second kappa shape index (κ2) is 14.1. The van der Waals surface area contributed by atoms with Gasteiger partial charge < -0.3 is 24.6 Å². The standard InChI is InChI=1S/C29H35FN4O4S/c1-22-11-18-39-27(22)20-34(19-23-3-5-24(30)6-4-23)28(35)21-33(13-12-32-14-16-38-17-15-32)29(36)31-25-7-9-26(37-2)10-8-25/h3-11,18H,12-17,19-21H2,1-2H3,(H,31,36). The van der Waals surface area contributed by atoms with Crippen LogP contribution >= 0.6 is 11.3 Å². The van der Waals surface area contributed by atoms with Crippen LogP contribution in [0.4, 0.5) is 14.9 Å². The summed E-state index contributed by atoms with van der Waals surface area (Å²) in [4.78, 5) is 33.7. The molecule has 2 aromatic carbocycles. The molecule has 1 aliphatic rings. The number of anilines is 1. The average molecular weight is 555 g/mol. The van der Waals surface area contributed by atoms with Crippen molar-refractivity contribution in [2.45, 2.75) is 20.0 Å². The zero-order chi connectivity index (χ0) is 27.6. The highest BCUT2D eigenvalue weighted by Crippen LogP contribution is 2.20. The van der Waals surface area contributed by atoms with Crippen molar-refractivity contribution in [3.63, 3.8) is 0 Å². The summed E-state index contributed by atoms with van der Waals surface area (Å²) in [5.41, 5.74) is 2.54. The van der Waals surface area contributed by atoms with Gasteiger partial charge in [-0.2, -0.15) is 0 Å². The van der Waals surface area contributed by atoms with Crippen LogP contribution in [0, 0.1) is 12.7 Å². The number of urea groups is 1. The summed E-state index contributed by atoms with van der Waals surface area (Å²) in [5.74, 6) is 0.182. The Labute approximate surface area is 232 Å². The Balaban J connectivity index is 1.50. The fourth-order valence-electron chi connectivity index (χ4n) is 4.26. The highest BCUT2D eigenvalue weighted by atomic mass is 32.1. The van der Waals surface area contributed by atoms with E-state index in [1.165, 1.54) is 12.1 Å². The molecule has 1 aliphatic heterocycles. The number of hydrogen-bond donors (Lipinski definition) is 1. The number of methoxy groups -OCH3 is 1. The van der Waals surface area contributed by atoms with E-state index in [1.54, 1.807) is 64.6 Å². The number of nitrogens with one attached hydrogen (secondary N) is 1. The number of carbonyl (C=O) groups excluding carboxylic acids is 2. The van der Waals surface area contributed by atoms with Gasteiger partial charge in [0.05, 0.1) is 26.9 Å². The van der Waals surface area contributed by atoms with Gasteiger partial charge in [0, 0.05) is 43.3 Å². The first-order valence-electron chi connectivity index (χ1n) is 13.0. The lowest BCUT2D eigenvalue weighted by atomic mass is 10.2. The molecule has 0 atom stereocenters. The van der Waals surface area contributed by atoms with Gasteiger partial charge in [0.1, 0.15) is 18.1 Å². The molecule has 3 aromatic rings. The first kappa shape index (κ1) is 28.5. The maximum Gasteiger partial charge on any atom is 0.322 e.